The van der Waals surface area contributed by atoms with Gasteiger partial charge in [-0.05, 0) is 13.0 Å². The van der Waals surface area contributed by atoms with Crippen LogP contribution in [-0.4, -0.2) is 21.8 Å². The molecule has 0 unspecified atom stereocenters. The van der Waals surface area contributed by atoms with Crippen molar-refractivity contribution in [3.63, 3.8) is 0 Å². The second kappa shape index (κ2) is 5.60. The molecule has 0 fully saturated rings. The van der Waals surface area contributed by atoms with Crippen LogP contribution in [0.5, 0.6) is 0 Å². The van der Waals surface area contributed by atoms with Gasteiger partial charge in [-0.3, -0.25) is 20.2 Å². The number of rotatable bonds is 3. The Morgan fingerprint density at radius 3 is 2.20 bits per heavy atom. The molecule has 0 spiro atoms. The Labute approximate surface area is 112 Å². The van der Waals surface area contributed by atoms with Gasteiger partial charge in [0.25, 0.3) is 0 Å². The first kappa shape index (κ1) is 14.8. The van der Waals surface area contributed by atoms with Crippen molar-refractivity contribution >= 4 is 29.0 Å². The third-order valence-corrected chi connectivity index (χ3v) is 2.18. The minimum atomic E-state index is -0.811. The van der Waals surface area contributed by atoms with E-state index >= 15 is 0 Å². The van der Waals surface area contributed by atoms with Crippen LogP contribution in [0.3, 0.4) is 0 Å². The largest absolute Gasteiger partial charge is 0.370 e. The normalized spacial score (nSPS) is 10.9. The van der Waals surface area contributed by atoms with Crippen molar-refractivity contribution in [2.24, 2.45) is 27.2 Å². The van der Waals surface area contributed by atoms with Crippen molar-refractivity contribution in [1.82, 2.24) is 0 Å². The molecule has 20 heavy (non-hydrogen) atoms. The van der Waals surface area contributed by atoms with Gasteiger partial charge < -0.3 is 17.2 Å². The zero-order valence-electron chi connectivity index (χ0n) is 10.3. The number of aliphatic imine (C=N–C) groups is 2. The van der Waals surface area contributed by atoms with Gasteiger partial charge >= 0.3 is 11.4 Å². The molecule has 0 aromatic heterocycles. The standard InChI is InChI=1S/C9H11N7O4/c1-4-2-3-5(15(17)18)6(7(4)16(19)20)13-9(12)14-8(10)11/h2-3H,1H3,(H6,10,11,12,13,14). The van der Waals surface area contributed by atoms with Crippen LogP contribution in [0.2, 0.25) is 0 Å². The summed E-state index contributed by atoms with van der Waals surface area (Å²) in [4.78, 5) is 27.2. The van der Waals surface area contributed by atoms with Crippen molar-refractivity contribution in [3.05, 3.63) is 37.9 Å². The quantitative estimate of drug-likeness (QED) is 0.301. The van der Waals surface area contributed by atoms with E-state index in [1.165, 1.54) is 13.0 Å². The van der Waals surface area contributed by atoms with Crippen LogP contribution < -0.4 is 17.2 Å². The molecule has 11 heteroatoms. The van der Waals surface area contributed by atoms with Gasteiger partial charge in [0.1, 0.15) is 0 Å². The molecule has 1 aromatic carbocycles. The van der Waals surface area contributed by atoms with E-state index in [0.717, 1.165) is 6.07 Å². The fraction of sp³-hybridized carbons (Fsp3) is 0.111. The Kier molecular flexibility index (Phi) is 4.15. The summed E-state index contributed by atoms with van der Waals surface area (Å²) in [7, 11) is 0. The first-order valence-electron chi connectivity index (χ1n) is 5.10. The monoisotopic (exact) mass is 281 g/mol. The molecule has 0 heterocycles. The van der Waals surface area contributed by atoms with Gasteiger partial charge in [-0.15, -0.1) is 0 Å². The summed E-state index contributed by atoms with van der Waals surface area (Å²) in [5.74, 6) is -0.953. The lowest BCUT2D eigenvalue weighted by Crippen LogP contribution is -2.26. The number of nitro benzene ring substituents is 2. The van der Waals surface area contributed by atoms with E-state index in [-0.39, 0.29) is 5.56 Å². The number of hydrogen-bond acceptors (Lipinski definition) is 5. The fourth-order valence-corrected chi connectivity index (χ4v) is 1.43. The van der Waals surface area contributed by atoms with E-state index in [1.807, 2.05) is 0 Å². The number of guanidine groups is 2. The van der Waals surface area contributed by atoms with Gasteiger partial charge in [-0.25, -0.2) is 0 Å². The van der Waals surface area contributed by atoms with Crippen molar-refractivity contribution in [2.45, 2.75) is 6.92 Å². The van der Waals surface area contributed by atoms with Gasteiger partial charge in [0.15, 0.2) is 5.96 Å². The lowest BCUT2D eigenvalue weighted by Gasteiger charge is -2.02. The molecule has 11 nitrogen and oxygen atoms in total. The zero-order valence-corrected chi connectivity index (χ0v) is 10.3. The topological polar surface area (TPSA) is 189 Å². The molecule has 0 saturated carbocycles. The molecular formula is C9H11N7O4. The maximum atomic E-state index is 11.0. The lowest BCUT2D eigenvalue weighted by atomic mass is 10.1. The highest BCUT2D eigenvalue weighted by Gasteiger charge is 2.27. The minimum Gasteiger partial charge on any atom is -0.370 e. The van der Waals surface area contributed by atoms with Crippen molar-refractivity contribution in [3.8, 4) is 0 Å². The highest BCUT2D eigenvalue weighted by atomic mass is 16.6. The van der Waals surface area contributed by atoms with Crippen molar-refractivity contribution < 1.29 is 9.85 Å². The van der Waals surface area contributed by atoms with E-state index in [4.69, 9.17) is 17.2 Å². The van der Waals surface area contributed by atoms with E-state index in [1.54, 1.807) is 0 Å². The number of benzene rings is 1. The number of hydrogen-bond donors (Lipinski definition) is 3. The predicted molar refractivity (Wildman–Crippen MR) is 71.6 cm³/mol. The Hall–Kier alpha value is -3.24. The van der Waals surface area contributed by atoms with Crippen LogP contribution >= 0.6 is 0 Å². The summed E-state index contributed by atoms with van der Waals surface area (Å²) in [5, 5.41) is 21.9. The molecule has 1 aromatic rings. The second-order valence-electron chi connectivity index (χ2n) is 3.62. The maximum Gasteiger partial charge on any atom is 0.304 e. The van der Waals surface area contributed by atoms with Crippen molar-refractivity contribution in [1.29, 1.82) is 0 Å². The molecule has 0 aliphatic carbocycles. The SMILES string of the molecule is Cc1ccc([N+](=O)[O-])c(N=C(N)N=C(N)N)c1[N+](=O)[O-]. The number of nitro groups is 2. The molecule has 0 radical (unpaired) electrons. The summed E-state index contributed by atoms with van der Waals surface area (Å²) < 4.78 is 0. The molecule has 0 saturated heterocycles. The second-order valence-corrected chi connectivity index (χ2v) is 3.62. The third-order valence-electron chi connectivity index (χ3n) is 2.18. The Bertz CT molecular complexity index is 633. The van der Waals surface area contributed by atoms with Gasteiger partial charge in [-0.2, -0.15) is 9.98 Å². The predicted octanol–water partition coefficient (Wildman–Crippen LogP) is 0.0310. The van der Waals surface area contributed by atoms with Crippen LogP contribution in [0.15, 0.2) is 22.1 Å². The average molecular weight is 281 g/mol. The number of nitrogens with two attached hydrogens (primary N) is 3. The molecule has 0 aliphatic rings. The lowest BCUT2D eigenvalue weighted by molar-refractivity contribution is -0.392. The van der Waals surface area contributed by atoms with E-state index in [9.17, 15) is 20.2 Å². The van der Waals surface area contributed by atoms with Gasteiger partial charge in [0, 0.05) is 11.6 Å². The zero-order chi connectivity index (χ0) is 15.4. The summed E-state index contributed by atoms with van der Waals surface area (Å²) in [6.45, 7) is 1.41. The summed E-state index contributed by atoms with van der Waals surface area (Å²) >= 11 is 0. The molecular weight excluding hydrogens is 270 g/mol. The first-order valence-corrected chi connectivity index (χ1v) is 5.10. The molecule has 0 amide bonds. The van der Waals surface area contributed by atoms with Crippen LogP contribution in [0.25, 0.3) is 0 Å². The van der Waals surface area contributed by atoms with E-state index in [0.29, 0.717) is 0 Å². The minimum absolute atomic E-state index is 0.192. The highest BCUT2D eigenvalue weighted by Crippen LogP contribution is 2.39. The molecule has 106 valence electrons. The number of nitrogens with zero attached hydrogens (tertiary/aromatic N) is 4. The summed E-state index contributed by atoms with van der Waals surface area (Å²) in [5.41, 5.74) is 14.1. The Morgan fingerprint density at radius 2 is 1.75 bits per heavy atom. The molecule has 6 N–H and O–H groups in total. The van der Waals surface area contributed by atoms with Gasteiger partial charge in [0.2, 0.25) is 11.6 Å². The fourth-order valence-electron chi connectivity index (χ4n) is 1.43. The Morgan fingerprint density at radius 1 is 1.15 bits per heavy atom. The first-order chi connectivity index (χ1) is 9.23. The van der Waals surface area contributed by atoms with Gasteiger partial charge in [0.05, 0.1) is 9.85 Å². The highest BCUT2D eigenvalue weighted by molar-refractivity contribution is 5.95. The maximum absolute atomic E-state index is 11.0. The van der Waals surface area contributed by atoms with Crippen LogP contribution in [0.4, 0.5) is 17.1 Å². The van der Waals surface area contributed by atoms with Crippen molar-refractivity contribution in [2.75, 3.05) is 0 Å². The van der Waals surface area contributed by atoms with Gasteiger partial charge in [-0.1, -0.05) is 0 Å². The third kappa shape index (κ3) is 3.16. The molecule has 0 aliphatic heterocycles. The molecule has 1 rings (SSSR count). The smallest absolute Gasteiger partial charge is 0.304 e. The number of aryl methyl sites for hydroxylation is 1. The Balaban J connectivity index is 3.64. The van der Waals surface area contributed by atoms with E-state index in [2.05, 4.69) is 9.98 Å². The average Bonchev–Trinajstić information content (AvgIpc) is 2.26. The van der Waals surface area contributed by atoms with Crippen LogP contribution in [0.1, 0.15) is 5.56 Å². The summed E-state index contributed by atoms with van der Waals surface area (Å²) in [6.07, 6.45) is 0. The van der Waals surface area contributed by atoms with Crippen LogP contribution in [-0.2, 0) is 0 Å². The van der Waals surface area contributed by atoms with Crippen LogP contribution in [0, 0.1) is 27.2 Å². The van der Waals surface area contributed by atoms with E-state index < -0.39 is 38.8 Å². The molecule has 0 bridgehead atoms. The molecule has 0 atom stereocenters. The summed E-state index contributed by atoms with van der Waals surface area (Å²) in [6, 6.07) is 2.33.